The number of hydrogen-bond donors (Lipinski definition) is 1. The molecule has 0 saturated carbocycles. The average molecular weight is 153 g/mol. The van der Waals surface area contributed by atoms with Crippen LogP contribution in [0.5, 0.6) is 0 Å². The van der Waals surface area contributed by atoms with E-state index in [9.17, 15) is 0 Å². The molecule has 0 aliphatic carbocycles. The summed E-state index contributed by atoms with van der Waals surface area (Å²) in [7, 11) is 2.00. The molecule has 1 unspecified atom stereocenters. The van der Waals surface area contributed by atoms with Crippen molar-refractivity contribution in [3.8, 4) is 11.8 Å². The second kappa shape index (κ2) is 7.63. The van der Waals surface area contributed by atoms with Gasteiger partial charge in [-0.25, -0.2) is 0 Å². The minimum Gasteiger partial charge on any atom is -0.320 e. The monoisotopic (exact) mass is 153 g/mol. The largest absolute Gasteiger partial charge is 0.320 e. The fourth-order valence-corrected chi connectivity index (χ4v) is 0.979. The van der Waals surface area contributed by atoms with Crippen molar-refractivity contribution in [1.29, 1.82) is 0 Å². The minimum absolute atomic E-state index is 0.809. The first-order chi connectivity index (χ1) is 5.31. The van der Waals surface area contributed by atoms with Crippen LogP contribution in [0.2, 0.25) is 0 Å². The zero-order valence-electron chi connectivity index (χ0n) is 7.91. The third kappa shape index (κ3) is 7.42. The molecule has 0 amide bonds. The molecule has 0 fully saturated rings. The van der Waals surface area contributed by atoms with Gasteiger partial charge in [-0.3, -0.25) is 0 Å². The molecule has 0 rings (SSSR count). The third-order valence-electron chi connectivity index (χ3n) is 1.83. The number of rotatable bonds is 5. The molecular weight excluding hydrogens is 134 g/mol. The lowest BCUT2D eigenvalue weighted by atomic mass is 10.0. The van der Waals surface area contributed by atoms with Crippen LogP contribution in [-0.2, 0) is 0 Å². The number of hydrogen-bond acceptors (Lipinski definition) is 1. The summed E-state index contributed by atoms with van der Waals surface area (Å²) < 4.78 is 0. The lowest BCUT2D eigenvalue weighted by Gasteiger charge is -2.07. The van der Waals surface area contributed by atoms with Gasteiger partial charge in [-0.2, -0.15) is 0 Å². The van der Waals surface area contributed by atoms with Crippen molar-refractivity contribution < 1.29 is 0 Å². The third-order valence-corrected chi connectivity index (χ3v) is 1.83. The van der Waals surface area contributed by atoms with Gasteiger partial charge >= 0.3 is 0 Å². The van der Waals surface area contributed by atoms with Gasteiger partial charge in [0.15, 0.2) is 0 Å². The maximum absolute atomic E-state index is 3.15. The topological polar surface area (TPSA) is 12.0 Å². The van der Waals surface area contributed by atoms with E-state index in [0.29, 0.717) is 0 Å². The van der Waals surface area contributed by atoms with Crippen LogP contribution in [0.15, 0.2) is 0 Å². The molecular formula is C10H19N. The van der Waals surface area contributed by atoms with Gasteiger partial charge in [-0.15, -0.1) is 11.8 Å². The second-order valence-corrected chi connectivity index (χ2v) is 2.96. The van der Waals surface area contributed by atoms with Gasteiger partial charge in [-0.05, 0) is 39.3 Å². The van der Waals surface area contributed by atoms with E-state index >= 15 is 0 Å². The van der Waals surface area contributed by atoms with Crippen molar-refractivity contribution in [2.45, 2.75) is 33.1 Å². The van der Waals surface area contributed by atoms with Gasteiger partial charge in [0, 0.05) is 6.42 Å². The van der Waals surface area contributed by atoms with Gasteiger partial charge < -0.3 is 5.32 Å². The van der Waals surface area contributed by atoms with Crippen molar-refractivity contribution in [1.82, 2.24) is 5.32 Å². The Balaban J connectivity index is 3.19. The summed E-state index contributed by atoms with van der Waals surface area (Å²) in [5, 5.41) is 3.15. The molecule has 0 aliphatic heterocycles. The van der Waals surface area contributed by atoms with Crippen LogP contribution >= 0.6 is 0 Å². The molecule has 0 aromatic heterocycles. The van der Waals surface area contributed by atoms with E-state index in [-0.39, 0.29) is 0 Å². The first kappa shape index (κ1) is 10.5. The van der Waals surface area contributed by atoms with E-state index in [1.54, 1.807) is 0 Å². The Morgan fingerprint density at radius 2 is 2.09 bits per heavy atom. The molecule has 0 bridgehead atoms. The maximum atomic E-state index is 3.15. The summed E-state index contributed by atoms with van der Waals surface area (Å²) in [6.07, 6.45) is 3.56. The van der Waals surface area contributed by atoms with Gasteiger partial charge in [-0.1, -0.05) is 6.92 Å². The van der Waals surface area contributed by atoms with Crippen LogP contribution in [0.25, 0.3) is 0 Å². The number of nitrogens with one attached hydrogen (secondary N) is 1. The second-order valence-electron chi connectivity index (χ2n) is 2.96. The summed E-state index contributed by atoms with van der Waals surface area (Å²) in [6, 6.07) is 0. The van der Waals surface area contributed by atoms with Gasteiger partial charge in [0.2, 0.25) is 0 Å². The standard InChI is InChI=1S/C10H19N/c1-4-5-6-7-10(2)8-9-11-3/h10-11H,6-9H2,1-3H3. The molecule has 64 valence electrons. The molecule has 0 aliphatic rings. The summed E-state index contributed by atoms with van der Waals surface area (Å²) in [5.74, 6) is 6.81. The van der Waals surface area contributed by atoms with E-state index in [0.717, 1.165) is 18.9 Å². The van der Waals surface area contributed by atoms with Crippen LogP contribution in [-0.4, -0.2) is 13.6 Å². The van der Waals surface area contributed by atoms with Crippen LogP contribution in [0.4, 0.5) is 0 Å². The normalized spacial score (nSPS) is 11.9. The minimum atomic E-state index is 0.809. The summed E-state index contributed by atoms with van der Waals surface area (Å²) in [5.41, 5.74) is 0. The quantitative estimate of drug-likeness (QED) is 0.596. The highest BCUT2D eigenvalue weighted by molar-refractivity contribution is 4.94. The highest BCUT2D eigenvalue weighted by Gasteiger charge is 1.98. The van der Waals surface area contributed by atoms with Crippen molar-refractivity contribution in [2.75, 3.05) is 13.6 Å². The SMILES string of the molecule is CC#CCCC(C)CCNC. The molecule has 0 aromatic carbocycles. The predicted octanol–water partition coefficient (Wildman–Crippen LogP) is 2.04. The Labute approximate surface area is 70.6 Å². The Bertz CT molecular complexity index is 130. The lowest BCUT2D eigenvalue weighted by Crippen LogP contribution is -2.11. The van der Waals surface area contributed by atoms with Crippen LogP contribution in [0, 0.1) is 17.8 Å². The maximum Gasteiger partial charge on any atom is 0.00911 e. The van der Waals surface area contributed by atoms with E-state index in [2.05, 4.69) is 24.1 Å². The Hall–Kier alpha value is -0.480. The summed E-state index contributed by atoms with van der Waals surface area (Å²) in [6.45, 7) is 5.31. The molecule has 1 N–H and O–H groups in total. The molecule has 0 aromatic rings. The molecule has 0 radical (unpaired) electrons. The molecule has 1 heteroatoms. The highest BCUT2D eigenvalue weighted by Crippen LogP contribution is 2.07. The average Bonchev–Trinajstić information content (AvgIpc) is 2.01. The van der Waals surface area contributed by atoms with E-state index in [4.69, 9.17) is 0 Å². The highest BCUT2D eigenvalue weighted by atomic mass is 14.8. The zero-order valence-corrected chi connectivity index (χ0v) is 7.91. The Morgan fingerprint density at radius 3 is 2.64 bits per heavy atom. The van der Waals surface area contributed by atoms with Crippen molar-refractivity contribution in [3.05, 3.63) is 0 Å². The first-order valence-corrected chi connectivity index (χ1v) is 4.35. The predicted molar refractivity (Wildman–Crippen MR) is 50.4 cm³/mol. The van der Waals surface area contributed by atoms with Crippen LogP contribution < -0.4 is 5.32 Å². The first-order valence-electron chi connectivity index (χ1n) is 4.35. The van der Waals surface area contributed by atoms with E-state index in [1.165, 1.54) is 12.8 Å². The van der Waals surface area contributed by atoms with Crippen molar-refractivity contribution in [3.63, 3.8) is 0 Å². The van der Waals surface area contributed by atoms with Crippen LogP contribution in [0.1, 0.15) is 33.1 Å². The summed E-state index contributed by atoms with van der Waals surface area (Å²) in [4.78, 5) is 0. The molecule has 0 heterocycles. The summed E-state index contributed by atoms with van der Waals surface area (Å²) >= 11 is 0. The van der Waals surface area contributed by atoms with E-state index in [1.807, 2.05) is 14.0 Å². The smallest absolute Gasteiger partial charge is 0.00911 e. The van der Waals surface area contributed by atoms with Gasteiger partial charge in [0.25, 0.3) is 0 Å². The molecule has 1 atom stereocenters. The zero-order chi connectivity index (χ0) is 8.53. The van der Waals surface area contributed by atoms with Crippen molar-refractivity contribution >= 4 is 0 Å². The molecule has 1 nitrogen and oxygen atoms in total. The van der Waals surface area contributed by atoms with Gasteiger partial charge in [0.05, 0.1) is 0 Å². The van der Waals surface area contributed by atoms with Crippen molar-refractivity contribution in [2.24, 2.45) is 5.92 Å². The van der Waals surface area contributed by atoms with Crippen LogP contribution in [0.3, 0.4) is 0 Å². The molecule has 0 saturated heterocycles. The molecule has 11 heavy (non-hydrogen) atoms. The fourth-order valence-electron chi connectivity index (χ4n) is 0.979. The fraction of sp³-hybridized carbons (Fsp3) is 0.800. The molecule has 0 spiro atoms. The van der Waals surface area contributed by atoms with E-state index < -0.39 is 0 Å². The Kier molecular flexibility index (Phi) is 7.29. The Morgan fingerprint density at radius 1 is 1.36 bits per heavy atom. The lowest BCUT2D eigenvalue weighted by molar-refractivity contribution is 0.488. The van der Waals surface area contributed by atoms with Gasteiger partial charge in [0.1, 0.15) is 0 Å².